The van der Waals surface area contributed by atoms with E-state index in [1.54, 1.807) is 5.94 Å². The summed E-state index contributed by atoms with van der Waals surface area (Å²) < 4.78 is 0. The van der Waals surface area contributed by atoms with Crippen molar-refractivity contribution in [2.75, 3.05) is 6.54 Å². The van der Waals surface area contributed by atoms with E-state index in [-0.39, 0.29) is 16.8 Å². The molecule has 3 heteroatoms. The number of hydrogen-bond acceptors (Lipinski definition) is 2. The summed E-state index contributed by atoms with van der Waals surface area (Å²) in [6.07, 6.45) is 1.52. The monoisotopic (exact) mass is 140 g/mol. The molecule has 1 aliphatic rings. The molecule has 1 aliphatic heterocycles. The van der Waals surface area contributed by atoms with E-state index in [1.165, 1.54) is 6.21 Å². The van der Waals surface area contributed by atoms with Gasteiger partial charge in [0.25, 0.3) is 0 Å². The quantitative estimate of drug-likeness (QED) is 0.429. The zero-order valence-electron chi connectivity index (χ0n) is 3.47. The van der Waals surface area contributed by atoms with Crippen LogP contribution in [0.15, 0.2) is 10.6 Å². The second kappa shape index (κ2) is 2.74. The Morgan fingerprint density at radius 3 is 2.43 bits per heavy atom. The summed E-state index contributed by atoms with van der Waals surface area (Å²) in [6.45, 7) is 0.573. The molecule has 2 nitrogen and oxygen atoms in total. The van der Waals surface area contributed by atoms with Gasteiger partial charge in [-0.1, -0.05) is 0 Å². The zero-order valence-corrected chi connectivity index (χ0v) is 4.51. The predicted octanol–water partition coefficient (Wildman–Crippen LogP) is -0.174. The number of aliphatic imine (C=N–C) groups is 1. The van der Waals surface area contributed by atoms with E-state index < -0.39 is 0 Å². The molecule has 0 saturated heterocycles. The minimum atomic E-state index is 0. The van der Waals surface area contributed by atoms with Crippen molar-refractivity contribution in [1.82, 2.24) is 0 Å². The molecule has 0 saturated carbocycles. The summed E-state index contributed by atoms with van der Waals surface area (Å²) in [5.74, 6) is 1.72. The van der Waals surface area contributed by atoms with Crippen LogP contribution in [0.2, 0.25) is 0 Å². The summed E-state index contributed by atoms with van der Waals surface area (Å²) in [4.78, 5) is 13.2. The number of rotatable bonds is 0. The van der Waals surface area contributed by atoms with Crippen LogP contribution in [0.4, 0.5) is 0 Å². The molecular formula is C4H3CoNO. The SMILES string of the molecule is O=C=C1C=NC1.[Co]. The topological polar surface area (TPSA) is 29.4 Å². The van der Waals surface area contributed by atoms with Gasteiger partial charge in [0.15, 0.2) is 0 Å². The van der Waals surface area contributed by atoms with Gasteiger partial charge in [-0.15, -0.1) is 0 Å². The number of nitrogens with zero attached hydrogens (tertiary/aromatic N) is 1. The van der Waals surface area contributed by atoms with Gasteiger partial charge < -0.3 is 0 Å². The molecule has 0 amide bonds. The Morgan fingerprint density at radius 1 is 1.86 bits per heavy atom. The molecule has 0 aromatic rings. The Labute approximate surface area is 51.5 Å². The van der Waals surface area contributed by atoms with Crippen LogP contribution in [0.5, 0.6) is 0 Å². The van der Waals surface area contributed by atoms with E-state index in [2.05, 4.69) is 4.99 Å². The first kappa shape index (κ1) is 6.63. The number of carbonyl (C=O) groups excluding carboxylic acids is 1. The van der Waals surface area contributed by atoms with Crippen LogP contribution in [0, 0.1) is 0 Å². The van der Waals surface area contributed by atoms with Crippen molar-refractivity contribution in [2.24, 2.45) is 4.99 Å². The maximum Gasteiger partial charge on any atom is 0.131 e. The first-order chi connectivity index (χ1) is 2.93. The van der Waals surface area contributed by atoms with Gasteiger partial charge in [-0.25, -0.2) is 4.79 Å². The molecule has 0 fully saturated rings. The fraction of sp³-hybridized carbons (Fsp3) is 0.250. The molecule has 7 heavy (non-hydrogen) atoms. The largest absolute Gasteiger partial charge is 0.286 e. The molecule has 1 radical (unpaired) electrons. The van der Waals surface area contributed by atoms with E-state index in [0.29, 0.717) is 12.1 Å². The van der Waals surface area contributed by atoms with E-state index >= 15 is 0 Å². The van der Waals surface area contributed by atoms with Gasteiger partial charge in [-0.3, -0.25) is 4.99 Å². The van der Waals surface area contributed by atoms with E-state index in [1.807, 2.05) is 0 Å². The molecule has 0 atom stereocenters. The first-order valence-electron chi connectivity index (χ1n) is 1.67. The summed E-state index contributed by atoms with van der Waals surface area (Å²) in [5, 5.41) is 0. The molecular weight excluding hydrogens is 137 g/mol. The van der Waals surface area contributed by atoms with Crippen molar-refractivity contribution < 1.29 is 21.6 Å². The fourth-order valence-electron chi connectivity index (χ4n) is 0.241. The van der Waals surface area contributed by atoms with E-state index in [9.17, 15) is 4.79 Å². The second-order valence-corrected chi connectivity index (χ2v) is 1.10. The Kier molecular flexibility index (Phi) is 2.60. The minimum absolute atomic E-state index is 0. The van der Waals surface area contributed by atoms with Crippen LogP contribution >= 0.6 is 0 Å². The fourth-order valence-corrected chi connectivity index (χ4v) is 0.241. The summed E-state index contributed by atoms with van der Waals surface area (Å²) in [6, 6.07) is 0. The third-order valence-corrected chi connectivity index (χ3v) is 0.640. The van der Waals surface area contributed by atoms with Crippen molar-refractivity contribution in [2.45, 2.75) is 0 Å². The Hall–Kier alpha value is -0.374. The van der Waals surface area contributed by atoms with Gasteiger partial charge in [-0.05, 0) is 0 Å². The molecule has 0 aromatic carbocycles. The predicted molar refractivity (Wildman–Crippen MR) is 22.6 cm³/mol. The van der Waals surface area contributed by atoms with Gasteiger partial charge >= 0.3 is 0 Å². The first-order valence-corrected chi connectivity index (χ1v) is 1.67. The summed E-state index contributed by atoms with van der Waals surface area (Å²) in [5.41, 5.74) is 0.676. The molecule has 1 heterocycles. The van der Waals surface area contributed by atoms with Gasteiger partial charge in [0, 0.05) is 23.0 Å². The minimum Gasteiger partial charge on any atom is -0.286 e. The molecule has 0 spiro atoms. The Balaban J connectivity index is 0.000000360. The standard InChI is InChI=1S/C4H3NO.Co/c6-3-4-1-5-2-4;/h1H,2H2;. The van der Waals surface area contributed by atoms with Crippen molar-refractivity contribution in [3.63, 3.8) is 0 Å². The average molecular weight is 140 g/mol. The van der Waals surface area contributed by atoms with E-state index in [0.717, 1.165) is 0 Å². The van der Waals surface area contributed by atoms with Crippen LogP contribution in [0.1, 0.15) is 0 Å². The summed E-state index contributed by atoms with van der Waals surface area (Å²) in [7, 11) is 0. The molecule has 0 N–H and O–H groups in total. The molecule has 0 bridgehead atoms. The molecule has 39 valence electrons. The average Bonchev–Trinajstić information content (AvgIpc) is 1.31. The van der Waals surface area contributed by atoms with Gasteiger partial charge in [0.2, 0.25) is 0 Å². The number of hydrogen-bond donors (Lipinski definition) is 0. The molecule has 0 aromatic heterocycles. The van der Waals surface area contributed by atoms with Crippen molar-refractivity contribution in [3.8, 4) is 0 Å². The Morgan fingerprint density at radius 2 is 2.43 bits per heavy atom. The van der Waals surface area contributed by atoms with Gasteiger partial charge in [-0.2, -0.15) is 0 Å². The van der Waals surface area contributed by atoms with Crippen molar-refractivity contribution in [1.29, 1.82) is 0 Å². The van der Waals surface area contributed by atoms with Gasteiger partial charge in [0.1, 0.15) is 5.94 Å². The summed E-state index contributed by atoms with van der Waals surface area (Å²) >= 11 is 0. The van der Waals surface area contributed by atoms with Crippen LogP contribution < -0.4 is 0 Å². The molecule has 0 aliphatic carbocycles. The van der Waals surface area contributed by atoms with Gasteiger partial charge in [0.05, 0.1) is 12.1 Å². The van der Waals surface area contributed by atoms with E-state index in [4.69, 9.17) is 0 Å². The third-order valence-electron chi connectivity index (χ3n) is 0.640. The zero-order chi connectivity index (χ0) is 4.41. The normalized spacial score (nSPS) is 14.0. The maximum atomic E-state index is 9.53. The van der Waals surface area contributed by atoms with Crippen molar-refractivity contribution in [3.05, 3.63) is 5.57 Å². The Bertz CT molecular complexity index is 135. The second-order valence-electron chi connectivity index (χ2n) is 1.10. The third kappa shape index (κ3) is 1.27. The van der Waals surface area contributed by atoms with Crippen LogP contribution in [-0.4, -0.2) is 18.7 Å². The van der Waals surface area contributed by atoms with Crippen LogP contribution in [0.25, 0.3) is 0 Å². The van der Waals surface area contributed by atoms with Crippen LogP contribution in [0.3, 0.4) is 0 Å². The molecule has 0 unspecified atom stereocenters. The smallest absolute Gasteiger partial charge is 0.131 e. The van der Waals surface area contributed by atoms with Crippen molar-refractivity contribution >= 4 is 12.2 Å². The maximum absolute atomic E-state index is 9.53. The molecule has 1 rings (SSSR count). The van der Waals surface area contributed by atoms with Crippen LogP contribution in [-0.2, 0) is 21.6 Å².